The maximum Gasteiger partial charge on any atom is 0.328 e. The van der Waals surface area contributed by atoms with Gasteiger partial charge in [0, 0.05) is 17.7 Å². The van der Waals surface area contributed by atoms with Gasteiger partial charge in [0.05, 0.1) is 38.6 Å². The van der Waals surface area contributed by atoms with Crippen molar-refractivity contribution in [3.8, 4) is 17.2 Å². The lowest BCUT2D eigenvalue weighted by atomic mass is 9.83. The number of carboxylic acids is 1. The normalized spacial score (nSPS) is 15.1. The van der Waals surface area contributed by atoms with Crippen LogP contribution < -0.4 is 19.1 Å². The zero-order valence-electron chi connectivity index (χ0n) is 22.8. The molecule has 204 valence electrons. The fraction of sp³-hybridized carbons (Fsp3) is 0.464. The molecule has 0 unspecified atom stereocenters. The fourth-order valence-corrected chi connectivity index (χ4v) is 4.96. The zero-order valence-corrected chi connectivity index (χ0v) is 22.8. The highest BCUT2D eigenvalue weighted by atomic mass is 19.1. The third kappa shape index (κ3) is 4.41. The molecular weight excluding hydrogens is 493 g/mol. The van der Waals surface area contributed by atoms with Gasteiger partial charge in [-0.25, -0.2) is 9.18 Å². The first-order chi connectivity index (χ1) is 17.7. The maximum absolute atomic E-state index is 15.2. The number of aliphatic carboxylic acids is 1. The summed E-state index contributed by atoms with van der Waals surface area (Å²) in [6.07, 6.45) is 0. The van der Waals surface area contributed by atoms with E-state index in [0.29, 0.717) is 35.7 Å². The molecule has 0 atom stereocenters. The molecule has 10 heteroatoms. The van der Waals surface area contributed by atoms with Crippen molar-refractivity contribution in [3.05, 3.63) is 46.3 Å². The van der Waals surface area contributed by atoms with E-state index in [0.717, 1.165) is 5.56 Å². The predicted molar refractivity (Wildman–Crippen MR) is 141 cm³/mol. The zero-order chi connectivity index (χ0) is 28.2. The number of hydrogen-bond acceptors (Lipinski definition) is 7. The van der Waals surface area contributed by atoms with Crippen molar-refractivity contribution >= 4 is 23.3 Å². The first-order valence-corrected chi connectivity index (χ1v) is 12.3. The van der Waals surface area contributed by atoms with Crippen LogP contribution in [0.5, 0.6) is 17.2 Å². The van der Waals surface area contributed by atoms with E-state index in [9.17, 15) is 14.7 Å². The fourth-order valence-electron chi connectivity index (χ4n) is 4.96. The summed E-state index contributed by atoms with van der Waals surface area (Å²) in [4.78, 5) is 29.0. The second-order valence-electron chi connectivity index (χ2n) is 11.1. The van der Waals surface area contributed by atoms with Crippen molar-refractivity contribution in [2.45, 2.75) is 52.1 Å². The van der Waals surface area contributed by atoms with E-state index in [1.807, 2.05) is 20.8 Å². The summed E-state index contributed by atoms with van der Waals surface area (Å²) >= 11 is 0. The number of halogens is 1. The number of nitrogens with zero attached hydrogens (tertiary/aromatic N) is 2. The average molecular weight is 528 g/mol. The summed E-state index contributed by atoms with van der Waals surface area (Å²) in [5, 5.41) is 18.5. The molecule has 2 N–H and O–H groups in total. The molecule has 0 saturated heterocycles. The molecule has 0 aromatic heterocycles. The Balaban J connectivity index is 1.72. The molecule has 9 nitrogen and oxygen atoms in total. The van der Waals surface area contributed by atoms with Crippen molar-refractivity contribution < 1.29 is 33.3 Å². The van der Waals surface area contributed by atoms with Crippen molar-refractivity contribution in [2.75, 3.05) is 38.8 Å². The number of carbonyl (C=O) groups excluding carboxylic acids is 1. The first-order valence-electron chi connectivity index (χ1n) is 12.3. The van der Waals surface area contributed by atoms with E-state index in [1.165, 1.54) is 19.1 Å². The third-order valence-electron chi connectivity index (χ3n) is 7.19. The van der Waals surface area contributed by atoms with Gasteiger partial charge < -0.3 is 29.1 Å². The number of carbonyl (C=O) groups is 2. The minimum Gasteiger partial charge on any atom is -0.493 e. The van der Waals surface area contributed by atoms with Crippen molar-refractivity contribution in [2.24, 2.45) is 0 Å². The van der Waals surface area contributed by atoms with Crippen LogP contribution in [0.25, 0.3) is 0 Å². The molecule has 2 aromatic carbocycles. The topological polar surface area (TPSA) is 112 Å². The number of methoxy groups -OCH3 is 2. The maximum atomic E-state index is 15.2. The van der Waals surface area contributed by atoms with E-state index < -0.39 is 22.7 Å². The number of nitrogens with one attached hydrogen (secondary N) is 1. The van der Waals surface area contributed by atoms with Crippen molar-refractivity contribution in [1.29, 1.82) is 5.41 Å². The van der Waals surface area contributed by atoms with Crippen LogP contribution in [-0.4, -0.2) is 67.0 Å². The number of rotatable bonds is 7. The van der Waals surface area contributed by atoms with Crippen LogP contribution in [0.1, 0.15) is 61.7 Å². The lowest BCUT2D eigenvalue weighted by Gasteiger charge is -2.42. The summed E-state index contributed by atoms with van der Waals surface area (Å²) in [5.74, 6) is -1.39. The summed E-state index contributed by atoms with van der Waals surface area (Å²) < 4.78 is 31.6. The van der Waals surface area contributed by atoms with Gasteiger partial charge in [0.2, 0.25) is 0 Å². The number of ether oxygens (including phenoxy) is 3. The molecule has 0 radical (unpaired) electrons. The Labute approximate surface area is 221 Å². The van der Waals surface area contributed by atoms with Crippen LogP contribution in [0.3, 0.4) is 0 Å². The van der Waals surface area contributed by atoms with Gasteiger partial charge in [-0.15, -0.1) is 0 Å². The van der Waals surface area contributed by atoms with Gasteiger partial charge in [-0.3, -0.25) is 10.2 Å². The molecule has 2 heterocycles. The van der Waals surface area contributed by atoms with E-state index >= 15 is 4.39 Å². The Bertz CT molecular complexity index is 1330. The number of benzene rings is 2. The predicted octanol–water partition coefficient (Wildman–Crippen LogP) is 4.23. The molecule has 2 aromatic rings. The molecular formula is C28H34FN3O6. The van der Waals surface area contributed by atoms with E-state index in [-0.39, 0.29) is 41.8 Å². The molecule has 2 aliphatic rings. The molecule has 0 spiro atoms. The monoisotopic (exact) mass is 527 g/mol. The molecule has 0 saturated carbocycles. The van der Waals surface area contributed by atoms with Crippen LogP contribution in [0, 0.1) is 11.2 Å². The van der Waals surface area contributed by atoms with Crippen molar-refractivity contribution in [1.82, 2.24) is 4.90 Å². The Morgan fingerprint density at radius 3 is 2.39 bits per heavy atom. The molecule has 0 fully saturated rings. The summed E-state index contributed by atoms with van der Waals surface area (Å²) in [7, 11) is 2.74. The third-order valence-corrected chi connectivity index (χ3v) is 7.19. The average Bonchev–Trinajstić information content (AvgIpc) is 3.16. The number of anilines is 1. The standard InChI is InChI=1S/C28H34FN3O6/c1-27(2,3)17-10-15(11-18-23(17)38-9-8-32(18)28(4,5)26(34)35)19(33)14-31-13-16-12-20(36-6)24(37-7)22(29)21(16)25(31)30/h10-12,30H,8-9,13-14H2,1-7H3,(H,34,35). The number of hydrogen-bond donors (Lipinski definition) is 2. The number of Topliss-reactive ketones (excluding diaryl/α,β-unsaturated/α-hetero) is 1. The smallest absolute Gasteiger partial charge is 0.328 e. The number of amidine groups is 1. The van der Waals surface area contributed by atoms with Crippen molar-refractivity contribution in [3.63, 3.8) is 0 Å². The second kappa shape index (κ2) is 9.49. The lowest BCUT2D eigenvalue weighted by molar-refractivity contribution is -0.142. The minimum atomic E-state index is -1.23. The van der Waals surface area contributed by atoms with Crippen LogP contribution >= 0.6 is 0 Å². The molecule has 4 rings (SSSR count). The Kier molecular flexibility index (Phi) is 6.80. The first kappa shape index (κ1) is 27.2. The van der Waals surface area contributed by atoms with E-state index in [4.69, 9.17) is 19.6 Å². The highest BCUT2D eigenvalue weighted by Crippen LogP contribution is 2.44. The summed E-state index contributed by atoms with van der Waals surface area (Å²) in [6, 6.07) is 5.06. The quantitative estimate of drug-likeness (QED) is 0.515. The molecule has 2 aliphatic heterocycles. The van der Waals surface area contributed by atoms with Gasteiger partial charge in [-0.1, -0.05) is 20.8 Å². The lowest BCUT2D eigenvalue weighted by Crippen LogP contribution is -2.53. The Morgan fingerprint density at radius 1 is 1.13 bits per heavy atom. The van der Waals surface area contributed by atoms with Crippen LogP contribution in [0.15, 0.2) is 18.2 Å². The van der Waals surface area contributed by atoms with Gasteiger partial charge in [0.15, 0.2) is 23.1 Å². The molecule has 38 heavy (non-hydrogen) atoms. The molecule has 0 amide bonds. The van der Waals surface area contributed by atoms with Crippen LogP contribution in [0.4, 0.5) is 10.1 Å². The number of fused-ring (bicyclic) bond motifs is 2. The number of carboxylic acid groups (broad SMARTS) is 1. The molecule has 0 bridgehead atoms. The largest absolute Gasteiger partial charge is 0.493 e. The van der Waals surface area contributed by atoms with Gasteiger partial charge in [-0.05, 0) is 43.0 Å². The van der Waals surface area contributed by atoms with Gasteiger partial charge >= 0.3 is 5.97 Å². The second-order valence-corrected chi connectivity index (χ2v) is 11.1. The summed E-state index contributed by atoms with van der Waals surface area (Å²) in [6.45, 7) is 9.90. The highest BCUT2D eigenvalue weighted by Gasteiger charge is 2.40. The number of ketones is 1. The van der Waals surface area contributed by atoms with E-state index in [2.05, 4.69) is 0 Å². The highest BCUT2D eigenvalue weighted by molar-refractivity contribution is 6.06. The van der Waals surface area contributed by atoms with Crippen LogP contribution in [0.2, 0.25) is 0 Å². The van der Waals surface area contributed by atoms with Gasteiger partial charge in [-0.2, -0.15) is 0 Å². The Morgan fingerprint density at radius 2 is 1.82 bits per heavy atom. The molecule has 0 aliphatic carbocycles. The Hall–Kier alpha value is -3.82. The summed E-state index contributed by atoms with van der Waals surface area (Å²) in [5.41, 5.74) is 0.669. The SMILES string of the molecule is COc1cc2c(c(F)c1OC)C(=N)N(CC(=O)c1cc3c(c(C(C)(C)C)c1)OCCN3C(C)(C)C(=O)O)C2. The van der Waals surface area contributed by atoms with Gasteiger partial charge in [0.25, 0.3) is 0 Å². The minimum absolute atomic E-state index is 0.0825. The van der Waals surface area contributed by atoms with E-state index in [1.54, 1.807) is 36.9 Å². The van der Waals surface area contributed by atoms with Crippen LogP contribution in [-0.2, 0) is 16.8 Å². The van der Waals surface area contributed by atoms with Gasteiger partial charge in [0.1, 0.15) is 23.7 Å².